The summed E-state index contributed by atoms with van der Waals surface area (Å²) in [6.07, 6.45) is 2.16. The first-order chi connectivity index (χ1) is 16.4. The molecular weight excluding hydrogens is 432 g/mol. The van der Waals surface area contributed by atoms with Gasteiger partial charge in [-0.15, -0.1) is 0 Å². The van der Waals surface area contributed by atoms with Gasteiger partial charge in [0, 0.05) is 44.0 Å². The molecule has 8 heteroatoms. The second-order valence-electron chi connectivity index (χ2n) is 10.1. The maximum Gasteiger partial charge on any atom is 0.251 e. The molecule has 8 nitrogen and oxygen atoms in total. The van der Waals surface area contributed by atoms with Gasteiger partial charge in [0.1, 0.15) is 18.7 Å². The molecule has 0 radical (unpaired) electrons. The van der Waals surface area contributed by atoms with Crippen molar-refractivity contribution >= 4 is 23.3 Å². The fourth-order valence-electron chi connectivity index (χ4n) is 5.35. The highest BCUT2D eigenvalue weighted by Crippen LogP contribution is 2.28. The number of anilines is 1. The van der Waals surface area contributed by atoms with E-state index in [1.165, 1.54) is 6.42 Å². The van der Waals surface area contributed by atoms with Crippen LogP contribution < -0.4 is 10.2 Å². The predicted octanol–water partition coefficient (Wildman–Crippen LogP) is 1.93. The molecule has 3 atom stereocenters. The minimum Gasteiger partial charge on any atom is -0.369 e. The Morgan fingerprint density at radius 1 is 1.09 bits per heavy atom. The van der Waals surface area contributed by atoms with Crippen LogP contribution in [0.1, 0.15) is 50.4 Å². The largest absolute Gasteiger partial charge is 0.369 e. The standard InChI is InChI=1S/C26H38N4O4/c1-4-10-28-12-14-29(15-13-28)20-7-5-19(6-8-20)25(32)27-21(16-18(2)3)26(33)30-11-9-23-24(30)22(31)17-34-23/h5-8,18,21,23-24H,4,9-17H2,1-3H3,(H,27,32)/t21?,23-,24-/m1/s1. The molecular formula is C26H38N4O4. The molecule has 186 valence electrons. The topological polar surface area (TPSA) is 82.2 Å². The first-order valence-electron chi connectivity index (χ1n) is 12.7. The molecule has 0 spiro atoms. The number of Topliss-reactive ketones (excluding diaryl/α,β-unsaturated/α-hetero) is 1. The number of ketones is 1. The van der Waals surface area contributed by atoms with Crippen LogP contribution in [0.4, 0.5) is 5.69 Å². The van der Waals surface area contributed by atoms with Gasteiger partial charge < -0.3 is 19.9 Å². The number of fused-ring (bicyclic) bond motifs is 1. The van der Waals surface area contributed by atoms with E-state index in [2.05, 4.69) is 22.0 Å². The third-order valence-electron chi connectivity index (χ3n) is 7.11. The smallest absolute Gasteiger partial charge is 0.251 e. The second-order valence-corrected chi connectivity index (χ2v) is 10.1. The molecule has 34 heavy (non-hydrogen) atoms. The SMILES string of the molecule is CCCN1CCN(c2ccc(C(=O)NC(CC(C)C)C(=O)N3CC[C@H]4OCC(=O)[C@H]43)cc2)CC1. The van der Waals surface area contributed by atoms with Crippen LogP contribution in [0.5, 0.6) is 0 Å². The zero-order valence-corrected chi connectivity index (χ0v) is 20.7. The van der Waals surface area contributed by atoms with Crippen LogP contribution in [0.3, 0.4) is 0 Å². The third kappa shape index (κ3) is 5.44. The van der Waals surface area contributed by atoms with Gasteiger partial charge >= 0.3 is 0 Å². The number of carbonyl (C=O) groups excluding carboxylic acids is 3. The number of carbonyl (C=O) groups is 3. The molecule has 1 aromatic rings. The van der Waals surface area contributed by atoms with Crippen LogP contribution in [0.15, 0.2) is 24.3 Å². The number of benzene rings is 1. The molecule has 3 fully saturated rings. The summed E-state index contributed by atoms with van der Waals surface area (Å²) in [6.45, 7) is 12.0. The Bertz CT molecular complexity index is 879. The third-order valence-corrected chi connectivity index (χ3v) is 7.11. The molecule has 1 N–H and O–H groups in total. The number of hydrogen-bond donors (Lipinski definition) is 1. The van der Waals surface area contributed by atoms with Crippen LogP contribution in [0, 0.1) is 5.92 Å². The van der Waals surface area contributed by atoms with Crippen LogP contribution >= 0.6 is 0 Å². The number of likely N-dealkylation sites (tertiary alicyclic amines) is 1. The van der Waals surface area contributed by atoms with Gasteiger partial charge in [-0.25, -0.2) is 0 Å². The van der Waals surface area contributed by atoms with Gasteiger partial charge in [-0.05, 0) is 56.0 Å². The van der Waals surface area contributed by atoms with E-state index >= 15 is 0 Å². The number of nitrogens with one attached hydrogen (secondary N) is 1. The molecule has 1 unspecified atom stereocenters. The molecule has 0 aromatic heterocycles. The van der Waals surface area contributed by atoms with Crippen LogP contribution in [-0.4, -0.2) is 91.5 Å². The number of piperazine rings is 1. The molecule has 3 aliphatic heterocycles. The number of nitrogens with zero attached hydrogens (tertiary/aromatic N) is 3. The molecule has 0 aliphatic carbocycles. The van der Waals surface area contributed by atoms with E-state index in [0.29, 0.717) is 24.9 Å². The molecule has 3 saturated heterocycles. The van der Waals surface area contributed by atoms with E-state index in [1.54, 1.807) is 4.90 Å². The molecule has 2 amide bonds. The lowest BCUT2D eigenvalue weighted by atomic mass is 10.0. The summed E-state index contributed by atoms with van der Waals surface area (Å²) in [5, 5.41) is 2.95. The summed E-state index contributed by atoms with van der Waals surface area (Å²) in [4.78, 5) is 45.1. The lowest BCUT2D eigenvalue weighted by Crippen LogP contribution is -2.52. The van der Waals surface area contributed by atoms with Crippen molar-refractivity contribution in [2.45, 2.75) is 58.2 Å². The summed E-state index contributed by atoms with van der Waals surface area (Å²) < 4.78 is 5.52. The highest BCUT2D eigenvalue weighted by atomic mass is 16.5. The predicted molar refractivity (Wildman–Crippen MR) is 131 cm³/mol. The highest BCUT2D eigenvalue weighted by Gasteiger charge is 2.48. The number of rotatable bonds is 8. The Morgan fingerprint density at radius 3 is 2.44 bits per heavy atom. The lowest BCUT2D eigenvalue weighted by molar-refractivity contribution is -0.138. The van der Waals surface area contributed by atoms with Crippen molar-refractivity contribution in [3.8, 4) is 0 Å². The molecule has 0 saturated carbocycles. The summed E-state index contributed by atoms with van der Waals surface area (Å²) >= 11 is 0. The van der Waals surface area contributed by atoms with Crippen LogP contribution in [-0.2, 0) is 14.3 Å². The quantitative estimate of drug-likeness (QED) is 0.625. The fraction of sp³-hybridized carbons (Fsp3) is 0.654. The number of hydrogen-bond acceptors (Lipinski definition) is 6. The van der Waals surface area contributed by atoms with E-state index in [-0.39, 0.29) is 36.2 Å². The van der Waals surface area contributed by atoms with Crippen LogP contribution in [0.25, 0.3) is 0 Å². The molecule has 4 rings (SSSR count). The normalized spacial score (nSPS) is 23.9. The van der Waals surface area contributed by atoms with Gasteiger partial charge in [0.05, 0.1) is 6.10 Å². The zero-order chi connectivity index (χ0) is 24.2. The van der Waals surface area contributed by atoms with Gasteiger partial charge in [-0.3, -0.25) is 19.3 Å². The van der Waals surface area contributed by atoms with Crippen molar-refractivity contribution in [1.82, 2.24) is 15.1 Å². The average Bonchev–Trinajstić information content (AvgIpc) is 3.42. The minimum absolute atomic E-state index is 0.0448. The minimum atomic E-state index is -0.661. The van der Waals surface area contributed by atoms with Gasteiger partial charge in [-0.2, -0.15) is 0 Å². The average molecular weight is 471 g/mol. The summed E-state index contributed by atoms with van der Waals surface area (Å²) in [6, 6.07) is 6.48. The van der Waals surface area contributed by atoms with Crippen LogP contribution in [0.2, 0.25) is 0 Å². The molecule has 3 heterocycles. The van der Waals surface area contributed by atoms with E-state index in [4.69, 9.17) is 4.74 Å². The van der Waals surface area contributed by atoms with Crippen molar-refractivity contribution in [3.63, 3.8) is 0 Å². The number of amides is 2. The van der Waals surface area contributed by atoms with E-state index in [0.717, 1.165) is 38.4 Å². The molecule has 3 aliphatic rings. The summed E-state index contributed by atoms with van der Waals surface area (Å²) in [7, 11) is 0. The Hall–Kier alpha value is -2.45. The van der Waals surface area contributed by atoms with E-state index in [9.17, 15) is 14.4 Å². The lowest BCUT2D eigenvalue weighted by Gasteiger charge is -2.36. The number of ether oxygens (including phenoxy) is 1. The van der Waals surface area contributed by atoms with Gasteiger partial charge in [0.25, 0.3) is 5.91 Å². The summed E-state index contributed by atoms with van der Waals surface area (Å²) in [5.41, 5.74) is 1.65. The van der Waals surface area contributed by atoms with Gasteiger partial charge in [-0.1, -0.05) is 20.8 Å². The molecule has 0 bridgehead atoms. The van der Waals surface area contributed by atoms with Gasteiger partial charge in [0.2, 0.25) is 5.91 Å². The van der Waals surface area contributed by atoms with Crippen molar-refractivity contribution in [2.75, 3.05) is 50.8 Å². The maximum atomic E-state index is 13.4. The van der Waals surface area contributed by atoms with Crippen molar-refractivity contribution < 1.29 is 19.1 Å². The van der Waals surface area contributed by atoms with Crippen molar-refractivity contribution in [1.29, 1.82) is 0 Å². The Balaban J connectivity index is 1.39. The van der Waals surface area contributed by atoms with Crippen molar-refractivity contribution in [2.24, 2.45) is 5.92 Å². The Morgan fingerprint density at radius 2 is 1.79 bits per heavy atom. The maximum absolute atomic E-state index is 13.4. The Labute approximate surface area is 202 Å². The fourth-order valence-corrected chi connectivity index (χ4v) is 5.35. The highest BCUT2D eigenvalue weighted by molar-refractivity contribution is 5.99. The summed E-state index contributed by atoms with van der Waals surface area (Å²) in [5.74, 6) is -0.272. The first kappa shape index (κ1) is 24.7. The zero-order valence-electron chi connectivity index (χ0n) is 20.7. The van der Waals surface area contributed by atoms with Crippen molar-refractivity contribution in [3.05, 3.63) is 29.8 Å². The Kier molecular flexibility index (Phi) is 7.88. The second kappa shape index (κ2) is 10.9. The first-order valence-corrected chi connectivity index (χ1v) is 12.7. The molecule has 1 aromatic carbocycles. The van der Waals surface area contributed by atoms with E-state index < -0.39 is 12.1 Å². The van der Waals surface area contributed by atoms with Gasteiger partial charge in [0.15, 0.2) is 5.78 Å². The van der Waals surface area contributed by atoms with E-state index in [1.807, 2.05) is 38.1 Å². The monoisotopic (exact) mass is 470 g/mol.